The Morgan fingerprint density at radius 1 is 1.23 bits per heavy atom. The first-order chi connectivity index (χ1) is 14.5. The third-order valence-electron chi connectivity index (χ3n) is 5.72. The molecule has 8 nitrogen and oxygen atoms in total. The summed E-state index contributed by atoms with van der Waals surface area (Å²) >= 11 is 0. The van der Waals surface area contributed by atoms with Crippen LogP contribution in [0.2, 0.25) is 0 Å². The van der Waals surface area contributed by atoms with Crippen LogP contribution in [-0.2, 0) is 14.3 Å². The van der Waals surface area contributed by atoms with E-state index >= 15 is 0 Å². The second kappa shape index (κ2) is 11.2. The number of ether oxygens (including phenoxy) is 2. The van der Waals surface area contributed by atoms with Crippen molar-refractivity contribution in [3.8, 4) is 0 Å². The highest BCUT2D eigenvalue weighted by Crippen LogP contribution is 2.28. The molecule has 2 saturated heterocycles. The van der Waals surface area contributed by atoms with Crippen LogP contribution in [0.4, 0.5) is 0 Å². The Bertz CT molecular complexity index is 652. The first-order valence-corrected chi connectivity index (χ1v) is 10.6. The average Bonchev–Trinajstić information content (AvgIpc) is 2.77. The van der Waals surface area contributed by atoms with Crippen molar-refractivity contribution in [2.45, 2.75) is 50.0 Å². The summed E-state index contributed by atoms with van der Waals surface area (Å²) in [5.41, 5.74) is 0.774. The van der Waals surface area contributed by atoms with Crippen LogP contribution in [0.1, 0.15) is 31.1 Å². The van der Waals surface area contributed by atoms with Crippen LogP contribution in [0, 0.1) is 12.8 Å². The lowest BCUT2D eigenvalue weighted by molar-refractivity contribution is -0.282. The third kappa shape index (κ3) is 6.23. The van der Waals surface area contributed by atoms with Gasteiger partial charge in [-0.1, -0.05) is 37.3 Å². The number of nitrogens with one attached hydrogen (secondary N) is 1. The standard InChI is InChI=1S/C22H33N2O6/c1-15-8-11-24(12-9-15)19(27)7-10-23-13-17(25)20(28)21-18(26)14-29-22(30-21)16-5-3-2-4-6-16/h2-6,15,17-18,20-23,25-26,28H,1,7-14H2/t17-,18-,20-,21-,22-/m1/s1. The van der Waals surface area contributed by atoms with Crippen molar-refractivity contribution in [3.05, 3.63) is 42.8 Å². The smallest absolute Gasteiger partial charge is 0.223 e. The van der Waals surface area contributed by atoms with Crippen molar-refractivity contribution in [2.75, 3.05) is 32.8 Å². The van der Waals surface area contributed by atoms with E-state index in [1.807, 2.05) is 35.2 Å². The third-order valence-corrected chi connectivity index (χ3v) is 5.72. The Morgan fingerprint density at radius 3 is 2.63 bits per heavy atom. The lowest BCUT2D eigenvalue weighted by Crippen LogP contribution is -2.53. The van der Waals surface area contributed by atoms with Gasteiger partial charge in [-0.05, 0) is 18.8 Å². The van der Waals surface area contributed by atoms with Gasteiger partial charge in [0.25, 0.3) is 0 Å². The largest absolute Gasteiger partial charge is 0.389 e. The molecule has 4 N–H and O–H groups in total. The predicted molar refractivity (Wildman–Crippen MR) is 110 cm³/mol. The molecule has 5 atom stereocenters. The Balaban J connectivity index is 1.41. The number of likely N-dealkylation sites (tertiary alicyclic amines) is 1. The van der Waals surface area contributed by atoms with E-state index in [-0.39, 0.29) is 19.1 Å². The number of aliphatic hydroxyl groups excluding tert-OH is 3. The second-order valence-corrected chi connectivity index (χ2v) is 8.08. The SMILES string of the molecule is [CH2]C1CCN(C(=O)CCNC[C@@H](O)[C@@H](O)[C@@H]2O[C@H](c3ccccc3)OC[C@H]2O)CC1. The van der Waals surface area contributed by atoms with Crippen LogP contribution in [0.5, 0.6) is 0 Å². The number of benzene rings is 1. The van der Waals surface area contributed by atoms with Crippen LogP contribution >= 0.6 is 0 Å². The number of aliphatic hydroxyl groups is 3. The van der Waals surface area contributed by atoms with Gasteiger partial charge in [-0.25, -0.2) is 0 Å². The quantitative estimate of drug-likeness (QED) is 0.445. The lowest BCUT2D eigenvalue weighted by Gasteiger charge is -2.38. The van der Waals surface area contributed by atoms with Gasteiger partial charge in [-0.15, -0.1) is 0 Å². The van der Waals surface area contributed by atoms with Gasteiger partial charge < -0.3 is 35.0 Å². The van der Waals surface area contributed by atoms with Gasteiger partial charge in [-0.2, -0.15) is 0 Å². The minimum absolute atomic E-state index is 0.0000894. The molecule has 1 aromatic carbocycles. The van der Waals surface area contributed by atoms with Crippen molar-refractivity contribution in [1.29, 1.82) is 0 Å². The summed E-state index contributed by atoms with van der Waals surface area (Å²) in [7, 11) is 0. The van der Waals surface area contributed by atoms with Crippen LogP contribution < -0.4 is 5.32 Å². The number of amides is 1. The maximum absolute atomic E-state index is 12.2. The molecule has 1 radical (unpaired) electrons. The highest BCUT2D eigenvalue weighted by atomic mass is 16.7. The molecule has 2 heterocycles. The van der Waals surface area contributed by atoms with Crippen LogP contribution in [-0.4, -0.2) is 83.3 Å². The van der Waals surface area contributed by atoms with Gasteiger partial charge in [0.2, 0.25) is 5.91 Å². The minimum Gasteiger partial charge on any atom is -0.389 e. The van der Waals surface area contributed by atoms with E-state index in [9.17, 15) is 20.1 Å². The molecular weight excluding hydrogens is 388 g/mol. The van der Waals surface area contributed by atoms with Gasteiger partial charge in [-0.3, -0.25) is 4.79 Å². The molecule has 2 aliphatic rings. The summed E-state index contributed by atoms with van der Waals surface area (Å²) in [5.74, 6) is 0.506. The predicted octanol–water partition coefficient (Wildman–Crippen LogP) is 0.236. The van der Waals surface area contributed by atoms with Gasteiger partial charge in [0.15, 0.2) is 6.29 Å². The van der Waals surface area contributed by atoms with E-state index in [2.05, 4.69) is 12.2 Å². The van der Waals surface area contributed by atoms with Crippen molar-refractivity contribution >= 4 is 5.91 Å². The van der Waals surface area contributed by atoms with Gasteiger partial charge in [0, 0.05) is 38.2 Å². The molecule has 0 aliphatic carbocycles. The lowest BCUT2D eigenvalue weighted by atomic mass is 9.99. The molecule has 0 aromatic heterocycles. The van der Waals surface area contributed by atoms with Crippen LogP contribution in [0.25, 0.3) is 0 Å². The van der Waals surface area contributed by atoms with E-state index < -0.39 is 30.7 Å². The monoisotopic (exact) mass is 421 g/mol. The molecule has 0 saturated carbocycles. The van der Waals surface area contributed by atoms with Crippen molar-refractivity contribution in [2.24, 2.45) is 5.92 Å². The number of piperidine rings is 1. The summed E-state index contributed by atoms with van der Waals surface area (Å²) in [4.78, 5) is 14.1. The minimum atomic E-state index is -1.30. The number of nitrogens with zero attached hydrogens (tertiary/aromatic N) is 1. The van der Waals surface area contributed by atoms with Gasteiger partial charge in [0.05, 0.1) is 12.7 Å². The Kier molecular flexibility index (Phi) is 8.61. The Morgan fingerprint density at radius 2 is 1.93 bits per heavy atom. The molecule has 2 aliphatic heterocycles. The molecule has 167 valence electrons. The normalized spacial score (nSPS) is 27.6. The first kappa shape index (κ1) is 23.1. The second-order valence-electron chi connectivity index (χ2n) is 8.08. The van der Waals surface area contributed by atoms with Crippen molar-refractivity contribution in [1.82, 2.24) is 10.2 Å². The number of carbonyl (C=O) groups is 1. The highest BCUT2D eigenvalue weighted by Gasteiger charge is 2.39. The average molecular weight is 422 g/mol. The number of carbonyl (C=O) groups excluding carboxylic acids is 1. The topological polar surface area (TPSA) is 111 Å². The molecule has 0 unspecified atom stereocenters. The van der Waals surface area contributed by atoms with Crippen LogP contribution in [0.15, 0.2) is 30.3 Å². The van der Waals surface area contributed by atoms with E-state index in [1.165, 1.54) is 0 Å². The Labute approximate surface area is 177 Å². The van der Waals surface area contributed by atoms with Gasteiger partial charge in [0.1, 0.15) is 18.3 Å². The fourth-order valence-electron chi connectivity index (χ4n) is 3.77. The first-order valence-electron chi connectivity index (χ1n) is 10.6. The molecular formula is C22H33N2O6. The van der Waals surface area contributed by atoms with E-state index in [1.54, 1.807) is 0 Å². The fraction of sp³-hybridized carbons (Fsp3) is 0.636. The van der Waals surface area contributed by atoms with Crippen molar-refractivity contribution in [3.63, 3.8) is 0 Å². The molecule has 8 heteroatoms. The zero-order valence-electron chi connectivity index (χ0n) is 17.2. The molecule has 3 rings (SSSR count). The molecule has 30 heavy (non-hydrogen) atoms. The molecule has 0 spiro atoms. The Hall–Kier alpha value is -1.55. The number of rotatable bonds is 8. The molecule has 0 bridgehead atoms. The highest BCUT2D eigenvalue weighted by molar-refractivity contribution is 5.76. The summed E-state index contributed by atoms with van der Waals surface area (Å²) in [5, 5.41) is 34.0. The van der Waals surface area contributed by atoms with Gasteiger partial charge >= 0.3 is 0 Å². The van der Waals surface area contributed by atoms with E-state index in [4.69, 9.17) is 9.47 Å². The maximum Gasteiger partial charge on any atom is 0.223 e. The van der Waals surface area contributed by atoms with Crippen LogP contribution in [0.3, 0.4) is 0 Å². The summed E-state index contributed by atoms with van der Waals surface area (Å²) in [6.07, 6.45) is -3.00. The molecule has 1 aromatic rings. The van der Waals surface area contributed by atoms with E-state index in [0.29, 0.717) is 18.9 Å². The molecule has 1 amide bonds. The zero-order chi connectivity index (χ0) is 21.5. The number of hydrogen-bond donors (Lipinski definition) is 4. The number of hydrogen-bond acceptors (Lipinski definition) is 7. The zero-order valence-corrected chi connectivity index (χ0v) is 17.2. The van der Waals surface area contributed by atoms with E-state index in [0.717, 1.165) is 31.5 Å². The van der Waals surface area contributed by atoms with Crippen molar-refractivity contribution < 1.29 is 29.6 Å². The summed E-state index contributed by atoms with van der Waals surface area (Å²) < 4.78 is 11.2. The fourth-order valence-corrected chi connectivity index (χ4v) is 3.77. The molecule has 2 fully saturated rings. The maximum atomic E-state index is 12.2. The summed E-state index contributed by atoms with van der Waals surface area (Å²) in [6, 6.07) is 9.23. The summed E-state index contributed by atoms with van der Waals surface area (Å²) in [6.45, 7) is 6.00.